The molecule has 2 aliphatic carbocycles. The Morgan fingerprint density at radius 2 is 1.77 bits per heavy atom. The van der Waals surface area contributed by atoms with E-state index in [1.807, 2.05) is 19.1 Å². The molecular weight excluding hydrogens is 500 g/mol. The second kappa shape index (κ2) is 11.0. The molecule has 8 nitrogen and oxygen atoms in total. The zero-order valence-electron chi connectivity index (χ0n) is 23.3. The van der Waals surface area contributed by atoms with Crippen molar-refractivity contribution >= 4 is 17.9 Å². The molecule has 0 aromatic heterocycles. The molecule has 1 spiro atoms. The van der Waals surface area contributed by atoms with Crippen molar-refractivity contribution in [2.45, 2.75) is 79.0 Å². The lowest BCUT2D eigenvalue weighted by molar-refractivity contribution is -0.235. The van der Waals surface area contributed by atoms with Crippen molar-refractivity contribution in [1.82, 2.24) is 0 Å². The maximum Gasteiger partial charge on any atom is 0.338 e. The van der Waals surface area contributed by atoms with Crippen molar-refractivity contribution < 1.29 is 38.4 Å². The summed E-state index contributed by atoms with van der Waals surface area (Å²) in [6, 6.07) is 5.87. The molecule has 0 unspecified atom stereocenters. The van der Waals surface area contributed by atoms with Crippen molar-refractivity contribution in [3.05, 3.63) is 65.8 Å². The highest BCUT2D eigenvalue weighted by atomic mass is 16.8. The van der Waals surface area contributed by atoms with Gasteiger partial charge in [0, 0.05) is 19.4 Å². The predicted molar refractivity (Wildman–Crippen MR) is 143 cm³/mol. The van der Waals surface area contributed by atoms with Crippen LogP contribution in [0.2, 0.25) is 0 Å². The van der Waals surface area contributed by atoms with E-state index < -0.39 is 42.0 Å². The van der Waals surface area contributed by atoms with Crippen LogP contribution in [0.5, 0.6) is 5.75 Å². The van der Waals surface area contributed by atoms with Crippen molar-refractivity contribution in [2.75, 3.05) is 0 Å². The van der Waals surface area contributed by atoms with Crippen LogP contribution in [0, 0.1) is 22.7 Å². The van der Waals surface area contributed by atoms with Gasteiger partial charge in [0.15, 0.2) is 0 Å². The van der Waals surface area contributed by atoms with E-state index >= 15 is 0 Å². The zero-order chi connectivity index (χ0) is 28.5. The number of hydrogen-bond donors (Lipinski definition) is 1. The number of aromatic hydroxyl groups is 1. The summed E-state index contributed by atoms with van der Waals surface area (Å²) in [4.78, 5) is 37.4. The highest BCUT2D eigenvalue weighted by Crippen LogP contribution is 2.67. The SMILES string of the molecule is C=CC(C)=CC[C@]1(C)[C@H](C)CC[C@@]23C(=C[C@H](OC(=O)c4ccc(O)cc4)C[C@@H]12)[C@@H](OC(C)=O)O[C@H]3OC(C)=O. The maximum absolute atomic E-state index is 13.1. The Morgan fingerprint density at radius 1 is 1.10 bits per heavy atom. The molecule has 0 bridgehead atoms. The topological polar surface area (TPSA) is 108 Å². The van der Waals surface area contributed by atoms with Crippen LogP contribution in [0.3, 0.4) is 0 Å². The number of hydrogen-bond acceptors (Lipinski definition) is 8. The van der Waals surface area contributed by atoms with Gasteiger partial charge >= 0.3 is 17.9 Å². The van der Waals surface area contributed by atoms with E-state index in [2.05, 4.69) is 26.5 Å². The fraction of sp³-hybridized carbons (Fsp3) is 0.516. The highest BCUT2D eigenvalue weighted by molar-refractivity contribution is 5.89. The summed E-state index contributed by atoms with van der Waals surface area (Å²) in [5.74, 6) is -1.34. The lowest BCUT2D eigenvalue weighted by Crippen LogP contribution is -2.57. The fourth-order valence-electron chi connectivity index (χ4n) is 6.61. The molecule has 1 heterocycles. The van der Waals surface area contributed by atoms with Crippen molar-refractivity contribution in [3.63, 3.8) is 0 Å². The van der Waals surface area contributed by atoms with E-state index in [-0.39, 0.29) is 17.1 Å². The highest BCUT2D eigenvalue weighted by Gasteiger charge is 2.67. The van der Waals surface area contributed by atoms with E-state index in [1.165, 1.54) is 38.1 Å². The Kier molecular flexibility index (Phi) is 8.07. The molecule has 1 aromatic rings. The van der Waals surface area contributed by atoms with Crippen LogP contribution in [0.15, 0.2) is 60.2 Å². The number of rotatable bonds is 7. The van der Waals surface area contributed by atoms with Crippen molar-refractivity contribution in [1.29, 1.82) is 0 Å². The molecule has 1 aromatic carbocycles. The minimum Gasteiger partial charge on any atom is -0.508 e. The molecule has 39 heavy (non-hydrogen) atoms. The summed E-state index contributed by atoms with van der Waals surface area (Å²) >= 11 is 0. The van der Waals surface area contributed by atoms with Crippen LogP contribution >= 0.6 is 0 Å². The Bertz CT molecular complexity index is 1200. The van der Waals surface area contributed by atoms with Crippen LogP contribution < -0.4 is 0 Å². The minimum absolute atomic E-state index is 0.0507. The number of benzene rings is 1. The van der Waals surface area contributed by atoms with Crippen LogP contribution in [0.4, 0.5) is 0 Å². The molecule has 0 amide bonds. The fourth-order valence-corrected chi connectivity index (χ4v) is 6.61. The molecule has 1 N–H and O–H groups in total. The largest absolute Gasteiger partial charge is 0.508 e. The van der Waals surface area contributed by atoms with E-state index in [0.717, 1.165) is 18.4 Å². The lowest BCUT2D eigenvalue weighted by atomic mass is 9.46. The monoisotopic (exact) mass is 538 g/mol. The Morgan fingerprint density at radius 3 is 2.38 bits per heavy atom. The molecule has 1 saturated heterocycles. The smallest absolute Gasteiger partial charge is 0.338 e. The number of esters is 3. The Labute approximate surface area is 229 Å². The summed E-state index contributed by atoms with van der Waals surface area (Å²) < 4.78 is 23.5. The quantitative estimate of drug-likeness (QED) is 0.206. The number of ether oxygens (including phenoxy) is 4. The molecule has 210 valence electrons. The molecular formula is C31H38O8. The Hall–Kier alpha value is -3.39. The van der Waals surface area contributed by atoms with Gasteiger partial charge in [-0.05, 0) is 80.2 Å². The van der Waals surface area contributed by atoms with E-state index in [9.17, 15) is 19.5 Å². The number of carbonyl (C=O) groups excluding carboxylic acids is 3. The molecule has 8 heteroatoms. The predicted octanol–water partition coefficient (Wildman–Crippen LogP) is 5.62. The molecule has 0 radical (unpaired) electrons. The number of carbonyl (C=O) groups is 3. The minimum atomic E-state index is -1.06. The first-order valence-electron chi connectivity index (χ1n) is 13.4. The average molecular weight is 539 g/mol. The van der Waals surface area contributed by atoms with E-state index in [4.69, 9.17) is 18.9 Å². The molecule has 2 fully saturated rings. The zero-order valence-corrected chi connectivity index (χ0v) is 23.3. The van der Waals surface area contributed by atoms with E-state index in [1.54, 1.807) is 0 Å². The molecule has 4 rings (SSSR count). The molecule has 7 atom stereocenters. The van der Waals surface area contributed by atoms with Crippen LogP contribution in [-0.4, -0.2) is 41.7 Å². The summed E-state index contributed by atoms with van der Waals surface area (Å²) in [5, 5.41) is 9.61. The van der Waals surface area contributed by atoms with Gasteiger partial charge in [-0.3, -0.25) is 14.3 Å². The second-order valence-electron chi connectivity index (χ2n) is 11.3. The summed E-state index contributed by atoms with van der Waals surface area (Å²) in [6.07, 6.45) is 5.87. The number of allylic oxidation sites excluding steroid dienone is 3. The summed E-state index contributed by atoms with van der Waals surface area (Å²) in [6.45, 7) is 13.0. The van der Waals surface area contributed by atoms with Gasteiger partial charge in [-0.2, -0.15) is 0 Å². The van der Waals surface area contributed by atoms with Gasteiger partial charge in [-0.1, -0.05) is 38.2 Å². The maximum atomic E-state index is 13.1. The third-order valence-corrected chi connectivity index (χ3v) is 8.92. The van der Waals surface area contributed by atoms with Crippen LogP contribution in [0.25, 0.3) is 0 Å². The molecule has 3 aliphatic rings. The van der Waals surface area contributed by atoms with E-state index in [0.29, 0.717) is 29.9 Å². The third kappa shape index (κ3) is 5.39. The van der Waals surface area contributed by atoms with Gasteiger partial charge in [0.1, 0.15) is 11.9 Å². The number of phenolic OH excluding ortho intramolecular Hbond substituents is 1. The van der Waals surface area contributed by atoms with Gasteiger partial charge in [0.05, 0.1) is 11.0 Å². The van der Waals surface area contributed by atoms with Gasteiger partial charge in [0.2, 0.25) is 12.6 Å². The van der Waals surface area contributed by atoms with Gasteiger partial charge in [-0.15, -0.1) is 0 Å². The lowest BCUT2D eigenvalue weighted by Gasteiger charge is -2.58. The van der Waals surface area contributed by atoms with Gasteiger partial charge < -0.3 is 19.3 Å². The summed E-state index contributed by atoms with van der Waals surface area (Å²) in [5.41, 5.74) is 1.00. The second-order valence-corrected chi connectivity index (χ2v) is 11.3. The van der Waals surface area contributed by atoms with Crippen LogP contribution in [0.1, 0.15) is 70.7 Å². The number of phenols is 1. The first-order valence-corrected chi connectivity index (χ1v) is 13.4. The Balaban J connectivity index is 1.81. The van der Waals surface area contributed by atoms with Gasteiger partial charge in [0.25, 0.3) is 0 Å². The van der Waals surface area contributed by atoms with Crippen molar-refractivity contribution in [2.24, 2.45) is 22.7 Å². The normalized spacial score (nSPS) is 33.7. The van der Waals surface area contributed by atoms with Gasteiger partial charge in [-0.25, -0.2) is 4.79 Å². The molecule has 1 aliphatic heterocycles. The van der Waals surface area contributed by atoms with Crippen molar-refractivity contribution in [3.8, 4) is 5.75 Å². The average Bonchev–Trinajstić information content (AvgIpc) is 3.15. The molecule has 1 saturated carbocycles. The first kappa shape index (κ1) is 28.6. The standard InChI is InChI=1S/C31H38O8/c1-7-18(2)12-14-30(6)19(3)13-15-31-25(28(36-20(4)32)39-29(31)37-21(5)33)16-24(17-26(30)31)38-27(35)22-8-10-23(34)11-9-22/h7-12,16,19,24,26,28-29,34H,1,13-15,17H2,2-6H3/t19-,24+,26+,28+,29-,30-,31-/m1/s1. The summed E-state index contributed by atoms with van der Waals surface area (Å²) in [7, 11) is 0. The third-order valence-electron chi connectivity index (χ3n) is 8.92. The first-order chi connectivity index (χ1) is 18.4. The van der Waals surface area contributed by atoms with Crippen LogP contribution in [-0.2, 0) is 28.5 Å².